The Bertz CT molecular complexity index is 1050. The third kappa shape index (κ3) is 5.59. The molecule has 2 amide bonds. The number of rotatable bonds is 8. The minimum Gasteiger partial charge on any atom is -0.496 e. The Hall–Kier alpha value is -2.97. The Labute approximate surface area is 189 Å². The van der Waals surface area contributed by atoms with Crippen LogP contribution in [-0.4, -0.2) is 35.2 Å². The van der Waals surface area contributed by atoms with Crippen molar-refractivity contribution in [1.29, 1.82) is 0 Å². The van der Waals surface area contributed by atoms with Gasteiger partial charge in [-0.1, -0.05) is 67.5 Å². The number of nitrogens with zero attached hydrogens (tertiary/aromatic N) is 2. The van der Waals surface area contributed by atoms with Crippen LogP contribution in [0, 0.1) is 5.92 Å². The van der Waals surface area contributed by atoms with Crippen LogP contribution >= 0.6 is 22.9 Å². The largest absolute Gasteiger partial charge is 0.496 e. The monoisotopic (exact) mass is 458 g/mol. The third-order valence-electron chi connectivity index (χ3n) is 4.88. The normalized spacial score (nSPS) is 12.6. The van der Waals surface area contributed by atoms with Gasteiger partial charge in [0.05, 0.1) is 12.7 Å². The van der Waals surface area contributed by atoms with Gasteiger partial charge in [0.1, 0.15) is 16.8 Å². The minimum atomic E-state index is -0.745. The first-order chi connectivity index (χ1) is 14.9. The highest BCUT2D eigenvalue weighted by atomic mass is 35.5. The molecule has 2 aromatic carbocycles. The number of amides is 2. The zero-order valence-corrected chi connectivity index (χ0v) is 19.0. The average Bonchev–Trinajstić information content (AvgIpc) is 3.25. The highest BCUT2D eigenvalue weighted by molar-refractivity contribution is 7.18. The summed E-state index contributed by atoms with van der Waals surface area (Å²) in [6, 6.07) is 13.3. The van der Waals surface area contributed by atoms with E-state index < -0.39 is 6.04 Å². The molecular weight excluding hydrogens is 436 g/mol. The van der Waals surface area contributed by atoms with E-state index in [1.54, 1.807) is 36.4 Å². The molecule has 2 unspecified atom stereocenters. The summed E-state index contributed by atoms with van der Waals surface area (Å²) in [5, 5.41) is 15.4. The van der Waals surface area contributed by atoms with E-state index in [0.29, 0.717) is 32.9 Å². The summed E-state index contributed by atoms with van der Waals surface area (Å²) < 4.78 is 5.26. The van der Waals surface area contributed by atoms with E-state index in [2.05, 4.69) is 20.8 Å². The molecule has 0 aliphatic heterocycles. The molecule has 1 aromatic heterocycles. The van der Waals surface area contributed by atoms with E-state index in [9.17, 15) is 9.59 Å². The number of anilines is 1. The average molecular weight is 459 g/mol. The van der Waals surface area contributed by atoms with Gasteiger partial charge >= 0.3 is 0 Å². The summed E-state index contributed by atoms with van der Waals surface area (Å²) >= 11 is 7.17. The molecule has 3 rings (SSSR count). The van der Waals surface area contributed by atoms with Crippen LogP contribution in [0.4, 0.5) is 5.13 Å². The molecule has 3 aromatic rings. The van der Waals surface area contributed by atoms with Crippen LogP contribution in [0.25, 0.3) is 10.6 Å². The van der Waals surface area contributed by atoms with Gasteiger partial charge < -0.3 is 10.1 Å². The van der Waals surface area contributed by atoms with E-state index in [1.165, 1.54) is 18.4 Å². The van der Waals surface area contributed by atoms with Crippen molar-refractivity contribution in [2.24, 2.45) is 5.92 Å². The lowest BCUT2D eigenvalue weighted by Gasteiger charge is -2.23. The third-order valence-corrected chi connectivity index (χ3v) is 6.02. The number of hydrogen-bond acceptors (Lipinski definition) is 6. The molecule has 9 heteroatoms. The van der Waals surface area contributed by atoms with Gasteiger partial charge in [0.15, 0.2) is 0 Å². The molecule has 7 nitrogen and oxygen atoms in total. The van der Waals surface area contributed by atoms with Crippen molar-refractivity contribution in [2.45, 2.75) is 26.3 Å². The first-order valence-corrected chi connectivity index (χ1v) is 11.0. The molecule has 1 heterocycles. The molecule has 0 fully saturated rings. The van der Waals surface area contributed by atoms with Crippen LogP contribution in [0.2, 0.25) is 5.02 Å². The van der Waals surface area contributed by atoms with E-state index >= 15 is 0 Å². The maximum absolute atomic E-state index is 13.0. The molecule has 0 saturated heterocycles. The number of carbonyl (C=O) groups is 2. The molecule has 0 bridgehead atoms. The first kappa shape index (κ1) is 22.7. The summed E-state index contributed by atoms with van der Waals surface area (Å²) in [6.45, 7) is 3.87. The second-order valence-corrected chi connectivity index (χ2v) is 8.36. The smallest absolute Gasteiger partial charge is 0.255 e. The van der Waals surface area contributed by atoms with Gasteiger partial charge in [0.25, 0.3) is 5.91 Å². The molecule has 0 aliphatic rings. The van der Waals surface area contributed by atoms with Gasteiger partial charge in [0, 0.05) is 10.6 Å². The molecule has 0 radical (unpaired) electrons. The predicted octanol–water partition coefficient (Wildman–Crippen LogP) is 4.65. The van der Waals surface area contributed by atoms with Gasteiger partial charge in [-0.05, 0) is 30.2 Å². The standard InChI is InChI=1S/C22H23ClN4O3S/c1-4-13(2)18(24-19(28)16-7-5-6-8-17(16)30-3)20(29)25-22-27-26-21(31-22)14-9-11-15(23)12-10-14/h5-13,18H,4H2,1-3H3,(H,24,28)(H,25,27,29). The van der Waals surface area contributed by atoms with Crippen molar-refractivity contribution < 1.29 is 14.3 Å². The van der Waals surface area contributed by atoms with Crippen LogP contribution < -0.4 is 15.4 Å². The number of nitrogens with one attached hydrogen (secondary N) is 2. The minimum absolute atomic E-state index is 0.0951. The van der Waals surface area contributed by atoms with E-state index in [-0.39, 0.29) is 17.7 Å². The fraction of sp³-hybridized carbons (Fsp3) is 0.273. The molecule has 0 aliphatic carbocycles. The Balaban J connectivity index is 1.74. The van der Waals surface area contributed by atoms with Gasteiger partial charge in [0.2, 0.25) is 11.0 Å². The summed E-state index contributed by atoms with van der Waals surface area (Å²) in [5.74, 6) is -0.379. The van der Waals surface area contributed by atoms with Crippen LogP contribution in [0.15, 0.2) is 48.5 Å². The Morgan fingerprint density at radius 2 is 1.84 bits per heavy atom. The van der Waals surface area contributed by atoms with Gasteiger partial charge in [-0.2, -0.15) is 0 Å². The molecule has 31 heavy (non-hydrogen) atoms. The van der Waals surface area contributed by atoms with E-state index in [0.717, 1.165) is 5.56 Å². The highest BCUT2D eigenvalue weighted by Gasteiger charge is 2.28. The van der Waals surface area contributed by atoms with E-state index in [4.69, 9.17) is 16.3 Å². The summed E-state index contributed by atoms with van der Waals surface area (Å²) in [6.07, 6.45) is 0.705. The number of methoxy groups -OCH3 is 1. The number of carbonyl (C=O) groups excluding carboxylic acids is 2. The SMILES string of the molecule is CCC(C)C(NC(=O)c1ccccc1OC)C(=O)Nc1nnc(-c2ccc(Cl)cc2)s1. The van der Waals surface area contributed by atoms with Crippen LogP contribution in [0.5, 0.6) is 5.75 Å². The summed E-state index contributed by atoms with van der Waals surface area (Å²) in [7, 11) is 1.50. The van der Waals surface area contributed by atoms with Crippen molar-refractivity contribution in [1.82, 2.24) is 15.5 Å². The lowest BCUT2D eigenvalue weighted by molar-refractivity contribution is -0.119. The molecular formula is C22H23ClN4O3S. The number of ether oxygens (including phenoxy) is 1. The summed E-state index contributed by atoms with van der Waals surface area (Å²) in [5.41, 5.74) is 1.22. The van der Waals surface area contributed by atoms with Gasteiger partial charge in [-0.15, -0.1) is 10.2 Å². The first-order valence-electron chi connectivity index (χ1n) is 9.77. The Morgan fingerprint density at radius 3 is 2.52 bits per heavy atom. The zero-order valence-electron chi connectivity index (χ0n) is 17.4. The van der Waals surface area contributed by atoms with Gasteiger partial charge in [-0.3, -0.25) is 14.9 Å². The Morgan fingerprint density at radius 1 is 1.13 bits per heavy atom. The lowest BCUT2D eigenvalue weighted by Crippen LogP contribution is -2.47. The number of benzene rings is 2. The predicted molar refractivity (Wildman–Crippen MR) is 123 cm³/mol. The quantitative estimate of drug-likeness (QED) is 0.512. The van der Waals surface area contributed by atoms with Crippen LogP contribution in [0.1, 0.15) is 30.6 Å². The fourth-order valence-corrected chi connectivity index (χ4v) is 3.80. The number of halogens is 1. The topological polar surface area (TPSA) is 93.2 Å². The van der Waals surface area contributed by atoms with Crippen molar-refractivity contribution in [3.05, 3.63) is 59.1 Å². The van der Waals surface area contributed by atoms with Gasteiger partial charge in [-0.25, -0.2) is 0 Å². The van der Waals surface area contributed by atoms with Crippen LogP contribution in [0.3, 0.4) is 0 Å². The second-order valence-electron chi connectivity index (χ2n) is 6.95. The highest BCUT2D eigenvalue weighted by Crippen LogP contribution is 2.27. The maximum Gasteiger partial charge on any atom is 0.255 e. The van der Waals surface area contributed by atoms with Crippen molar-refractivity contribution in [2.75, 3.05) is 12.4 Å². The van der Waals surface area contributed by atoms with Crippen molar-refractivity contribution >= 4 is 39.9 Å². The Kier molecular flexibility index (Phi) is 7.59. The van der Waals surface area contributed by atoms with Crippen LogP contribution in [-0.2, 0) is 4.79 Å². The van der Waals surface area contributed by atoms with Crippen molar-refractivity contribution in [3.8, 4) is 16.3 Å². The fourth-order valence-electron chi connectivity index (χ4n) is 2.92. The zero-order chi connectivity index (χ0) is 22.4. The lowest BCUT2D eigenvalue weighted by atomic mass is 9.98. The number of para-hydroxylation sites is 1. The summed E-state index contributed by atoms with van der Waals surface area (Å²) in [4.78, 5) is 25.8. The molecule has 0 saturated carbocycles. The molecule has 2 atom stereocenters. The second kappa shape index (κ2) is 10.4. The molecule has 2 N–H and O–H groups in total. The van der Waals surface area contributed by atoms with Crippen molar-refractivity contribution in [3.63, 3.8) is 0 Å². The number of hydrogen-bond donors (Lipinski definition) is 2. The van der Waals surface area contributed by atoms with E-state index in [1.807, 2.05) is 26.0 Å². The maximum atomic E-state index is 13.0. The number of aromatic nitrogens is 2. The molecule has 0 spiro atoms. The molecule has 162 valence electrons.